The predicted octanol–water partition coefficient (Wildman–Crippen LogP) is 4.06. The number of amides is 3. The van der Waals surface area contributed by atoms with Crippen molar-refractivity contribution in [2.24, 2.45) is 0 Å². The number of nitrogens with one attached hydrogen (secondary N) is 2. The molecule has 0 heterocycles. The van der Waals surface area contributed by atoms with Crippen LogP contribution in [0.5, 0.6) is 0 Å². The third-order valence-electron chi connectivity index (χ3n) is 4.67. The predicted molar refractivity (Wildman–Crippen MR) is 123 cm³/mol. The molecule has 0 saturated heterocycles. The van der Waals surface area contributed by atoms with Gasteiger partial charge in [0.1, 0.15) is 0 Å². The van der Waals surface area contributed by atoms with Gasteiger partial charge in [0.25, 0.3) is 5.91 Å². The summed E-state index contributed by atoms with van der Waals surface area (Å²) in [6.45, 7) is 7.10. The van der Waals surface area contributed by atoms with E-state index in [-0.39, 0.29) is 5.91 Å². The molecule has 8 nitrogen and oxygen atoms in total. The highest BCUT2D eigenvalue weighted by Gasteiger charge is 2.19. The molecular weight excluding hydrogens is 396 g/mol. The van der Waals surface area contributed by atoms with Gasteiger partial charge in [-0.05, 0) is 63.2 Å². The first-order valence-corrected chi connectivity index (χ1v) is 10.3. The molecule has 31 heavy (non-hydrogen) atoms. The van der Waals surface area contributed by atoms with Gasteiger partial charge in [-0.15, -0.1) is 0 Å². The minimum absolute atomic E-state index is 0.0905. The fourth-order valence-corrected chi connectivity index (χ4v) is 3.05. The van der Waals surface area contributed by atoms with Crippen LogP contribution in [0.1, 0.15) is 41.5 Å². The molecule has 0 aromatic heterocycles. The van der Waals surface area contributed by atoms with Crippen molar-refractivity contribution in [3.05, 3.63) is 53.6 Å². The number of carbonyl (C=O) groups is 3. The highest BCUT2D eigenvalue weighted by Crippen LogP contribution is 2.25. The molecule has 0 spiro atoms. The zero-order chi connectivity index (χ0) is 23.0. The largest absolute Gasteiger partial charge is 0.462 e. The lowest BCUT2D eigenvalue weighted by atomic mass is 10.1. The highest BCUT2D eigenvalue weighted by molar-refractivity contribution is 6.04. The van der Waals surface area contributed by atoms with E-state index in [9.17, 15) is 14.4 Å². The molecule has 8 heteroatoms. The number of anilines is 3. The number of urea groups is 1. The quantitative estimate of drug-likeness (QED) is 0.622. The van der Waals surface area contributed by atoms with Gasteiger partial charge in [0.05, 0.1) is 17.7 Å². The molecule has 0 atom stereocenters. The summed E-state index contributed by atoms with van der Waals surface area (Å²) in [6.07, 6.45) is 0. The lowest BCUT2D eigenvalue weighted by Gasteiger charge is -2.23. The SMILES string of the molecule is CCOC(=O)c1ccc(NC(=O)Nc2ccc(N(C)C)c(C(=O)N(CC)CC)c2)cc1. The summed E-state index contributed by atoms with van der Waals surface area (Å²) in [5, 5.41) is 5.47. The lowest BCUT2D eigenvalue weighted by Crippen LogP contribution is -2.32. The second-order valence-corrected chi connectivity index (χ2v) is 6.98. The van der Waals surface area contributed by atoms with Crippen molar-refractivity contribution in [3.63, 3.8) is 0 Å². The van der Waals surface area contributed by atoms with E-state index in [4.69, 9.17) is 4.74 Å². The first-order chi connectivity index (χ1) is 14.8. The van der Waals surface area contributed by atoms with Gasteiger partial charge in [-0.25, -0.2) is 9.59 Å². The van der Waals surface area contributed by atoms with E-state index < -0.39 is 12.0 Å². The van der Waals surface area contributed by atoms with Gasteiger partial charge in [-0.2, -0.15) is 0 Å². The summed E-state index contributed by atoms with van der Waals surface area (Å²) < 4.78 is 4.94. The number of nitrogens with zero attached hydrogens (tertiary/aromatic N) is 2. The van der Waals surface area contributed by atoms with Crippen LogP contribution in [0.3, 0.4) is 0 Å². The second-order valence-electron chi connectivity index (χ2n) is 6.98. The maximum Gasteiger partial charge on any atom is 0.338 e. The number of ether oxygens (including phenoxy) is 1. The third-order valence-corrected chi connectivity index (χ3v) is 4.67. The molecule has 0 aliphatic carbocycles. The Morgan fingerprint density at radius 3 is 2.00 bits per heavy atom. The Hall–Kier alpha value is -3.55. The Balaban J connectivity index is 2.15. The molecule has 166 valence electrons. The summed E-state index contributed by atoms with van der Waals surface area (Å²) in [7, 11) is 3.74. The molecule has 2 aromatic carbocycles. The van der Waals surface area contributed by atoms with Crippen LogP contribution in [0.2, 0.25) is 0 Å². The number of carbonyl (C=O) groups excluding carboxylic acids is 3. The normalized spacial score (nSPS) is 10.2. The molecular formula is C23H30N4O4. The minimum Gasteiger partial charge on any atom is -0.462 e. The van der Waals surface area contributed by atoms with E-state index >= 15 is 0 Å². The third kappa shape index (κ3) is 6.21. The average Bonchev–Trinajstić information content (AvgIpc) is 2.74. The molecule has 0 aliphatic heterocycles. The van der Waals surface area contributed by atoms with Gasteiger partial charge in [0, 0.05) is 44.2 Å². The van der Waals surface area contributed by atoms with Crippen molar-refractivity contribution < 1.29 is 19.1 Å². The van der Waals surface area contributed by atoms with Crippen molar-refractivity contribution >= 4 is 35.0 Å². The second kappa shape index (κ2) is 11.0. The molecule has 0 bridgehead atoms. The van der Waals surface area contributed by atoms with Crippen molar-refractivity contribution in [2.75, 3.05) is 49.3 Å². The van der Waals surface area contributed by atoms with Crippen LogP contribution in [-0.2, 0) is 4.74 Å². The molecule has 0 fully saturated rings. The Labute approximate surface area is 183 Å². The molecule has 0 saturated carbocycles. The van der Waals surface area contributed by atoms with Crippen molar-refractivity contribution in [2.45, 2.75) is 20.8 Å². The first-order valence-electron chi connectivity index (χ1n) is 10.3. The van der Waals surface area contributed by atoms with Gasteiger partial charge in [0.15, 0.2) is 0 Å². The molecule has 2 aromatic rings. The van der Waals surface area contributed by atoms with Crippen LogP contribution >= 0.6 is 0 Å². The zero-order valence-corrected chi connectivity index (χ0v) is 18.7. The van der Waals surface area contributed by atoms with Crippen LogP contribution in [-0.4, -0.2) is 56.6 Å². The molecule has 0 unspecified atom stereocenters. The summed E-state index contributed by atoms with van der Waals surface area (Å²) in [5.41, 5.74) is 2.73. The Morgan fingerprint density at radius 2 is 1.45 bits per heavy atom. The monoisotopic (exact) mass is 426 g/mol. The Bertz CT molecular complexity index is 922. The smallest absolute Gasteiger partial charge is 0.338 e. The standard InChI is InChI=1S/C23H30N4O4/c1-6-27(7-2)21(28)19-15-18(13-14-20(19)26(4)5)25-23(30)24-17-11-9-16(10-12-17)22(29)31-8-3/h9-15H,6-8H2,1-5H3,(H2,24,25,30). The fraction of sp³-hybridized carbons (Fsp3) is 0.348. The van der Waals surface area contributed by atoms with Crippen LogP contribution < -0.4 is 15.5 Å². The van der Waals surface area contributed by atoms with Gasteiger partial charge >= 0.3 is 12.0 Å². The van der Waals surface area contributed by atoms with Gasteiger partial charge in [0.2, 0.25) is 0 Å². The lowest BCUT2D eigenvalue weighted by molar-refractivity contribution is 0.0526. The van der Waals surface area contributed by atoms with E-state index in [1.807, 2.05) is 32.8 Å². The fourth-order valence-electron chi connectivity index (χ4n) is 3.05. The summed E-state index contributed by atoms with van der Waals surface area (Å²) in [6, 6.07) is 11.2. The molecule has 2 rings (SSSR count). The summed E-state index contributed by atoms with van der Waals surface area (Å²) in [4.78, 5) is 40.7. The molecule has 0 radical (unpaired) electrons. The number of rotatable bonds is 8. The molecule has 0 aliphatic rings. The number of benzene rings is 2. The highest BCUT2D eigenvalue weighted by atomic mass is 16.5. The van der Waals surface area contributed by atoms with Crippen LogP contribution in [0.4, 0.5) is 21.9 Å². The molecule has 2 N–H and O–H groups in total. The zero-order valence-electron chi connectivity index (χ0n) is 18.7. The maximum atomic E-state index is 12.9. The van der Waals surface area contributed by atoms with E-state index in [1.54, 1.807) is 54.3 Å². The van der Waals surface area contributed by atoms with Crippen LogP contribution in [0.25, 0.3) is 0 Å². The van der Waals surface area contributed by atoms with Crippen molar-refractivity contribution in [1.29, 1.82) is 0 Å². The Kier molecular flexibility index (Phi) is 8.43. The summed E-state index contributed by atoms with van der Waals surface area (Å²) >= 11 is 0. The van der Waals surface area contributed by atoms with E-state index in [0.717, 1.165) is 5.69 Å². The van der Waals surface area contributed by atoms with Gasteiger partial charge in [-0.1, -0.05) is 0 Å². The number of hydrogen-bond acceptors (Lipinski definition) is 5. The maximum absolute atomic E-state index is 12.9. The average molecular weight is 427 g/mol. The van der Waals surface area contributed by atoms with Crippen LogP contribution in [0, 0.1) is 0 Å². The summed E-state index contributed by atoms with van der Waals surface area (Å²) in [5.74, 6) is -0.503. The first kappa shape index (κ1) is 23.7. The molecule has 3 amide bonds. The van der Waals surface area contributed by atoms with E-state index in [0.29, 0.717) is 42.2 Å². The van der Waals surface area contributed by atoms with Crippen molar-refractivity contribution in [3.8, 4) is 0 Å². The number of esters is 1. The topological polar surface area (TPSA) is 91.0 Å². The van der Waals surface area contributed by atoms with Gasteiger partial charge < -0.3 is 25.2 Å². The van der Waals surface area contributed by atoms with Crippen LogP contribution in [0.15, 0.2) is 42.5 Å². The minimum atomic E-state index is -0.456. The van der Waals surface area contributed by atoms with E-state index in [2.05, 4.69) is 10.6 Å². The Morgan fingerprint density at radius 1 is 0.871 bits per heavy atom. The van der Waals surface area contributed by atoms with Crippen molar-refractivity contribution in [1.82, 2.24) is 4.90 Å². The van der Waals surface area contributed by atoms with Gasteiger partial charge in [-0.3, -0.25) is 4.79 Å². The van der Waals surface area contributed by atoms with E-state index in [1.165, 1.54) is 0 Å². The number of hydrogen-bond donors (Lipinski definition) is 2.